The molecule has 0 spiro atoms. The van der Waals surface area contributed by atoms with E-state index in [0.29, 0.717) is 0 Å². The lowest BCUT2D eigenvalue weighted by Crippen LogP contribution is -2.36. The zero-order chi connectivity index (χ0) is 20.4. The average molecular weight is 383 g/mol. The van der Waals surface area contributed by atoms with Crippen LogP contribution in [0.3, 0.4) is 0 Å². The Morgan fingerprint density at radius 1 is 0.828 bits per heavy atom. The molecule has 4 rings (SSSR count). The maximum atomic E-state index is 4.89. The minimum atomic E-state index is 0.166. The molecular formula is C26H28N3+. The molecule has 29 heavy (non-hydrogen) atoms. The largest absolute Gasteiger partial charge is 0.204 e. The lowest BCUT2D eigenvalue weighted by molar-refractivity contribution is -0.746. The molecule has 4 aromatic rings. The summed E-state index contributed by atoms with van der Waals surface area (Å²) in [7, 11) is 0. The Morgan fingerprint density at radius 3 is 2.10 bits per heavy atom. The van der Waals surface area contributed by atoms with E-state index >= 15 is 0 Å². The van der Waals surface area contributed by atoms with Crippen LogP contribution in [0.4, 0.5) is 0 Å². The maximum Gasteiger partial charge on any atom is 0.204 e. The standard InChI is InChI=1S/C26H28N3/c1-20-10-16-24(17-11-20)29-25(22-8-6-5-7-9-22)19-28(27-29)18-21-12-14-23(15-13-21)26(2,3)4/h5-17,19H,18H2,1-4H3/q+1. The minimum absolute atomic E-state index is 0.166. The molecule has 1 heterocycles. The highest BCUT2D eigenvalue weighted by atomic mass is 15.5. The van der Waals surface area contributed by atoms with E-state index < -0.39 is 0 Å². The van der Waals surface area contributed by atoms with Crippen molar-refractivity contribution in [1.82, 2.24) is 9.90 Å². The van der Waals surface area contributed by atoms with Crippen LogP contribution in [0.15, 0.2) is 85.1 Å². The van der Waals surface area contributed by atoms with Crippen molar-refractivity contribution in [2.45, 2.75) is 39.7 Å². The third-order valence-corrected chi connectivity index (χ3v) is 5.22. The Kier molecular flexibility index (Phi) is 5.06. The highest BCUT2D eigenvalue weighted by molar-refractivity contribution is 5.60. The van der Waals surface area contributed by atoms with E-state index in [4.69, 9.17) is 5.21 Å². The second-order valence-electron chi connectivity index (χ2n) is 8.66. The molecular weight excluding hydrogens is 354 g/mol. The number of aromatic nitrogens is 3. The molecule has 0 aliphatic carbocycles. The van der Waals surface area contributed by atoms with Gasteiger partial charge in [0.15, 0.2) is 11.9 Å². The van der Waals surface area contributed by atoms with Gasteiger partial charge in [0, 0.05) is 5.56 Å². The molecule has 146 valence electrons. The van der Waals surface area contributed by atoms with Gasteiger partial charge in [-0.2, -0.15) is 0 Å². The van der Waals surface area contributed by atoms with E-state index in [9.17, 15) is 0 Å². The quantitative estimate of drug-likeness (QED) is 0.428. The van der Waals surface area contributed by atoms with Crippen LogP contribution in [0.25, 0.3) is 16.9 Å². The Balaban J connectivity index is 1.70. The van der Waals surface area contributed by atoms with Crippen molar-refractivity contribution in [3.8, 4) is 16.9 Å². The first-order valence-corrected chi connectivity index (χ1v) is 10.1. The number of rotatable bonds is 4. The van der Waals surface area contributed by atoms with Gasteiger partial charge in [-0.05, 0) is 35.6 Å². The second-order valence-corrected chi connectivity index (χ2v) is 8.66. The maximum absolute atomic E-state index is 4.89. The number of hydrogen-bond donors (Lipinski definition) is 0. The fourth-order valence-corrected chi connectivity index (χ4v) is 3.44. The average Bonchev–Trinajstić information content (AvgIpc) is 3.13. The van der Waals surface area contributed by atoms with Crippen molar-refractivity contribution >= 4 is 0 Å². The molecule has 3 nitrogen and oxygen atoms in total. The van der Waals surface area contributed by atoms with Crippen molar-refractivity contribution in [3.05, 3.63) is 102 Å². The van der Waals surface area contributed by atoms with Crippen LogP contribution >= 0.6 is 0 Å². The van der Waals surface area contributed by atoms with Gasteiger partial charge in [0.25, 0.3) is 0 Å². The van der Waals surface area contributed by atoms with Gasteiger partial charge in [0.05, 0.1) is 5.21 Å². The van der Waals surface area contributed by atoms with Crippen LogP contribution in [0, 0.1) is 6.92 Å². The molecule has 0 aliphatic heterocycles. The van der Waals surface area contributed by atoms with Gasteiger partial charge in [0.1, 0.15) is 6.54 Å². The highest BCUT2D eigenvalue weighted by Gasteiger charge is 2.20. The van der Waals surface area contributed by atoms with Crippen molar-refractivity contribution in [2.24, 2.45) is 0 Å². The van der Waals surface area contributed by atoms with Crippen LogP contribution in [0.5, 0.6) is 0 Å². The molecule has 3 aromatic carbocycles. The molecule has 0 saturated carbocycles. The number of benzene rings is 3. The fraction of sp³-hybridized carbons (Fsp3) is 0.231. The lowest BCUT2D eigenvalue weighted by atomic mass is 9.87. The Morgan fingerprint density at radius 2 is 1.48 bits per heavy atom. The van der Waals surface area contributed by atoms with Crippen molar-refractivity contribution in [2.75, 3.05) is 0 Å². The molecule has 0 aliphatic rings. The normalized spacial score (nSPS) is 11.6. The van der Waals surface area contributed by atoms with Gasteiger partial charge in [0.2, 0.25) is 5.69 Å². The summed E-state index contributed by atoms with van der Waals surface area (Å²) in [5.74, 6) is 0. The lowest BCUT2D eigenvalue weighted by Gasteiger charge is -2.18. The first kappa shape index (κ1) is 19.1. The number of aryl methyl sites for hydroxylation is 1. The summed E-state index contributed by atoms with van der Waals surface area (Å²) in [5.41, 5.74) is 7.31. The first-order valence-electron chi connectivity index (χ1n) is 10.1. The monoisotopic (exact) mass is 382 g/mol. The topological polar surface area (TPSA) is 21.7 Å². The predicted molar refractivity (Wildman–Crippen MR) is 118 cm³/mol. The van der Waals surface area contributed by atoms with Crippen molar-refractivity contribution in [3.63, 3.8) is 0 Å². The molecule has 0 saturated heterocycles. The van der Waals surface area contributed by atoms with Crippen molar-refractivity contribution < 1.29 is 4.68 Å². The molecule has 0 amide bonds. The van der Waals surface area contributed by atoms with Crippen LogP contribution in [-0.4, -0.2) is 9.90 Å². The molecule has 0 N–H and O–H groups in total. The van der Waals surface area contributed by atoms with Crippen LogP contribution in [-0.2, 0) is 12.0 Å². The van der Waals surface area contributed by atoms with E-state index in [1.807, 2.05) is 15.4 Å². The zero-order valence-electron chi connectivity index (χ0n) is 17.6. The van der Waals surface area contributed by atoms with Crippen LogP contribution in [0.1, 0.15) is 37.5 Å². The van der Waals surface area contributed by atoms with E-state index in [-0.39, 0.29) is 5.41 Å². The second kappa shape index (κ2) is 7.67. The highest BCUT2D eigenvalue weighted by Crippen LogP contribution is 2.23. The zero-order valence-corrected chi connectivity index (χ0v) is 17.6. The van der Waals surface area contributed by atoms with E-state index in [0.717, 1.165) is 23.5 Å². The fourth-order valence-electron chi connectivity index (χ4n) is 3.44. The molecule has 3 heteroatoms. The third kappa shape index (κ3) is 4.29. The van der Waals surface area contributed by atoms with E-state index in [1.165, 1.54) is 16.7 Å². The molecule has 0 atom stereocenters. The molecule has 0 fully saturated rings. The number of hydrogen-bond acceptors (Lipinski definition) is 1. The summed E-state index contributed by atoms with van der Waals surface area (Å²) in [6, 6.07) is 27.8. The van der Waals surface area contributed by atoms with Crippen LogP contribution < -0.4 is 4.68 Å². The van der Waals surface area contributed by atoms with Gasteiger partial charge < -0.3 is 0 Å². The van der Waals surface area contributed by atoms with Gasteiger partial charge >= 0.3 is 0 Å². The molecule has 1 aromatic heterocycles. The Bertz CT molecular complexity index is 1080. The predicted octanol–water partition coefficient (Wildman–Crippen LogP) is 5.48. The first-order chi connectivity index (χ1) is 13.9. The van der Waals surface area contributed by atoms with Gasteiger partial charge in [-0.1, -0.05) is 97.7 Å². The van der Waals surface area contributed by atoms with Gasteiger partial charge in [-0.15, -0.1) is 4.68 Å². The molecule has 0 bridgehead atoms. The summed E-state index contributed by atoms with van der Waals surface area (Å²) in [6.45, 7) is 9.57. The van der Waals surface area contributed by atoms with Crippen molar-refractivity contribution in [1.29, 1.82) is 0 Å². The minimum Gasteiger partial charge on any atom is -0.132 e. The Hall–Kier alpha value is -3.20. The van der Waals surface area contributed by atoms with Crippen LogP contribution in [0.2, 0.25) is 0 Å². The van der Waals surface area contributed by atoms with E-state index in [1.54, 1.807) is 0 Å². The summed E-state index contributed by atoms with van der Waals surface area (Å²) in [6.07, 6.45) is 2.13. The third-order valence-electron chi connectivity index (χ3n) is 5.22. The van der Waals surface area contributed by atoms with Gasteiger partial charge in [-0.25, -0.2) is 0 Å². The molecule has 0 radical (unpaired) electrons. The summed E-state index contributed by atoms with van der Waals surface area (Å²) < 4.78 is 4.05. The summed E-state index contributed by atoms with van der Waals surface area (Å²) >= 11 is 0. The van der Waals surface area contributed by atoms with E-state index in [2.05, 4.69) is 107 Å². The number of nitrogens with zero attached hydrogens (tertiary/aromatic N) is 3. The summed E-state index contributed by atoms with van der Waals surface area (Å²) in [5, 5.41) is 4.89. The smallest absolute Gasteiger partial charge is 0.132 e. The van der Waals surface area contributed by atoms with Gasteiger partial charge in [-0.3, -0.25) is 0 Å². The summed E-state index contributed by atoms with van der Waals surface area (Å²) in [4.78, 5) is 0. The SMILES string of the molecule is Cc1ccc(-n2n[n+](Cc3ccc(C(C)(C)C)cc3)cc2-c2ccccc2)cc1. The Labute approximate surface area is 173 Å². The molecule has 0 unspecified atom stereocenters.